The van der Waals surface area contributed by atoms with Gasteiger partial charge in [-0.25, -0.2) is 24.5 Å². The minimum atomic E-state index is -1.22. The summed E-state index contributed by atoms with van der Waals surface area (Å²) < 4.78 is 22.4. The van der Waals surface area contributed by atoms with Crippen molar-refractivity contribution in [1.29, 1.82) is 0 Å². The number of aromatic carboxylic acids is 1. The van der Waals surface area contributed by atoms with Crippen LogP contribution in [0.1, 0.15) is 65.4 Å². The van der Waals surface area contributed by atoms with E-state index in [2.05, 4.69) is 51.7 Å². The molecule has 3 aromatic carbocycles. The highest BCUT2D eigenvalue weighted by molar-refractivity contribution is 8.01. The van der Waals surface area contributed by atoms with Crippen LogP contribution in [-0.2, 0) is 15.9 Å². The van der Waals surface area contributed by atoms with Crippen molar-refractivity contribution in [3.63, 3.8) is 0 Å². The van der Waals surface area contributed by atoms with Gasteiger partial charge in [-0.1, -0.05) is 91.0 Å². The van der Waals surface area contributed by atoms with Gasteiger partial charge < -0.3 is 28.4 Å². The molecular weight excluding hydrogens is 657 g/mol. The number of thioether (sulfide) groups is 1. The number of benzene rings is 3. The molecule has 0 radical (unpaired) electrons. The number of rotatable bonds is 11. The smallest absolute Gasteiger partial charge is 0.408 e. The Bertz CT molecular complexity index is 1990. The van der Waals surface area contributed by atoms with Gasteiger partial charge in [0, 0.05) is 0 Å². The highest BCUT2D eigenvalue weighted by Crippen LogP contribution is 2.50. The second-order valence-corrected chi connectivity index (χ2v) is 13.9. The Balaban J connectivity index is 1.40. The molecule has 1 atom stereocenters. The van der Waals surface area contributed by atoms with Crippen molar-refractivity contribution >= 4 is 23.8 Å². The zero-order valence-corrected chi connectivity index (χ0v) is 29.0. The molecule has 0 saturated carbocycles. The third-order valence-corrected chi connectivity index (χ3v) is 9.29. The van der Waals surface area contributed by atoms with Crippen LogP contribution in [0.4, 0.5) is 4.79 Å². The van der Waals surface area contributed by atoms with Crippen LogP contribution in [0.2, 0.25) is 0 Å². The molecule has 12 heteroatoms. The monoisotopic (exact) mass is 692 g/mol. The van der Waals surface area contributed by atoms with Crippen molar-refractivity contribution < 1.29 is 32.7 Å². The number of oxazole rings is 3. The minimum Gasteiger partial charge on any atom is -0.476 e. The molecule has 6 aromatic rings. The van der Waals surface area contributed by atoms with Crippen LogP contribution >= 0.6 is 11.8 Å². The summed E-state index contributed by atoms with van der Waals surface area (Å²) >= 11 is 1.55. The Labute approximate surface area is 293 Å². The van der Waals surface area contributed by atoms with E-state index in [1.54, 1.807) is 25.6 Å². The SMILES string of the molecule is Cc1oc(CC(NC(=O)OC(C)(C)C)SC(c2ccccc2)(c2ccccc2)c2ccccc2)nc1-c1nc(-c2nc(C(=O)O)co2)c(C)o1. The van der Waals surface area contributed by atoms with Crippen molar-refractivity contribution in [2.24, 2.45) is 0 Å². The first-order valence-electron chi connectivity index (χ1n) is 15.9. The summed E-state index contributed by atoms with van der Waals surface area (Å²) in [5, 5.41) is 11.7. The molecule has 256 valence electrons. The number of amides is 1. The Morgan fingerprint density at radius 1 is 0.780 bits per heavy atom. The van der Waals surface area contributed by atoms with E-state index < -0.39 is 27.8 Å². The second-order valence-electron chi connectivity index (χ2n) is 12.5. The number of carboxylic acid groups (broad SMARTS) is 1. The van der Waals surface area contributed by atoms with Gasteiger partial charge in [0.05, 0.1) is 16.5 Å². The highest BCUT2D eigenvalue weighted by Gasteiger charge is 2.41. The van der Waals surface area contributed by atoms with Gasteiger partial charge >= 0.3 is 12.1 Å². The molecule has 11 nitrogen and oxygen atoms in total. The third-order valence-electron chi connectivity index (χ3n) is 7.66. The van der Waals surface area contributed by atoms with Crippen LogP contribution in [0.25, 0.3) is 23.2 Å². The lowest BCUT2D eigenvalue weighted by molar-refractivity contribution is 0.0520. The summed E-state index contributed by atoms with van der Waals surface area (Å²) in [7, 11) is 0. The topological polar surface area (TPSA) is 154 Å². The van der Waals surface area contributed by atoms with Gasteiger partial charge in [-0.05, 0) is 51.3 Å². The number of carbonyl (C=O) groups is 2. The first-order valence-corrected chi connectivity index (χ1v) is 16.8. The first kappa shape index (κ1) is 34.3. The summed E-state index contributed by atoms with van der Waals surface area (Å²) in [5.74, 6) is 0.0661. The zero-order valence-electron chi connectivity index (χ0n) is 28.2. The van der Waals surface area contributed by atoms with Crippen LogP contribution in [0.5, 0.6) is 0 Å². The van der Waals surface area contributed by atoms with E-state index >= 15 is 0 Å². The van der Waals surface area contributed by atoms with Crippen molar-refractivity contribution in [2.75, 3.05) is 0 Å². The molecule has 0 bridgehead atoms. The van der Waals surface area contributed by atoms with Crippen LogP contribution < -0.4 is 5.32 Å². The first-order chi connectivity index (χ1) is 23.9. The Kier molecular flexibility index (Phi) is 9.65. The number of ether oxygens (including phenoxy) is 1. The molecule has 0 fully saturated rings. The van der Waals surface area contributed by atoms with E-state index in [-0.39, 0.29) is 29.6 Å². The minimum absolute atomic E-state index is 0.00775. The van der Waals surface area contributed by atoms with Crippen molar-refractivity contribution in [3.8, 4) is 23.2 Å². The maximum Gasteiger partial charge on any atom is 0.408 e. The molecule has 0 aliphatic rings. The third kappa shape index (κ3) is 7.35. The van der Waals surface area contributed by atoms with Crippen LogP contribution in [-0.4, -0.2) is 43.1 Å². The molecule has 3 aromatic heterocycles. The molecule has 0 spiro atoms. The number of hydrogen-bond donors (Lipinski definition) is 2. The van der Waals surface area contributed by atoms with Crippen molar-refractivity contribution in [3.05, 3.63) is 137 Å². The van der Waals surface area contributed by atoms with Crippen LogP contribution in [0, 0.1) is 13.8 Å². The maximum atomic E-state index is 13.4. The number of aryl methyl sites for hydroxylation is 2. The number of carbonyl (C=O) groups excluding carboxylic acids is 1. The second kappa shape index (κ2) is 14.1. The molecule has 50 heavy (non-hydrogen) atoms. The fraction of sp³-hybridized carbons (Fsp3) is 0.237. The maximum absolute atomic E-state index is 13.4. The van der Waals surface area contributed by atoms with Crippen LogP contribution in [0.3, 0.4) is 0 Å². The van der Waals surface area contributed by atoms with Gasteiger partial charge in [0.1, 0.15) is 23.4 Å². The molecule has 1 unspecified atom stereocenters. The number of aromatic nitrogens is 3. The molecule has 3 heterocycles. The highest BCUT2D eigenvalue weighted by atomic mass is 32.2. The number of hydrogen-bond acceptors (Lipinski definition) is 10. The van der Waals surface area contributed by atoms with Gasteiger partial charge in [-0.15, -0.1) is 11.8 Å². The molecule has 0 aliphatic carbocycles. The normalized spacial score (nSPS) is 12.4. The van der Waals surface area contributed by atoms with E-state index in [4.69, 9.17) is 23.0 Å². The zero-order chi connectivity index (χ0) is 35.5. The number of nitrogens with one attached hydrogen (secondary N) is 1. The lowest BCUT2D eigenvalue weighted by atomic mass is 9.84. The summed E-state index contributed by atoms with van der Waals surface area (Å²) in [6.45, 7) is 8.85. The summed E-state index contributed by atoms with van der Waals surface area (Å²) in [5.41, 5.74) is 2.67. The van der Waals surface area contributed by atoms with Gasteiger partial charge in [0.15, 0.2) is 23.0 Å². The number of nitrogens with zero attached hydrogens (tertiary/aromatic N) is 3. The standard InChI is InChI=1S/C38H36N4O7S/c1-23-32(34-42-31(24(2)48-34)33-39-28(22-46-33)35(43)44)40-29(47-23)21-30(41-36(45)49-37(3,4)5)50-38(25-15-9-6-10-16-25,26-17-11-7-12-18-26)27-19-13-8-14-20-27/h6-20,22,30H,21H2,1-5H3,(H,41,45)(H,43,44). The Morgan fingerprint density at radius 2 is 1.30 bits per heavy atom. The molecular formula is C38H36N4O7S. The molecule has 1 amide bonds. The Morgan fingerprint density at radius 3 is 1.80 bits per heavy atom. The van der Waals surface area contributed by atoms with Crippen molar-refractivity contribution in [2.45, 2.75) is 56.8 Å². The predicted molar refractivity (Wildman–Crippen MR) is 188 cm³/mol. The summed E-state index contributed by atoms with van der Waals surface area (Å²) in [6.07, 6.45) is 0.634. The van der Waals surface area contributed by atoms with Gasteiger partial charge in [-0.2, -0.15) is 0 Å². The molecule has 0 saturated heterocycles. The van der Waals surface area contributed by atoms with Gasteiger partial charge in [-0.3, -0.25) is 0 Å². The predicted octanol–water partition coefficient (Wildman–Crippen LogP) is 8.42. The number of carboxylic acids is 1. The molecule has 6 rings (SSSR count). The quantitative estimate of drug-likeness (QED) is 0.0993. The summed E-state index contributed by atoms with van der Waals surface area (Å²) in [4.78, 5) is 38.0. The van der Waals surface area contributed by atoms with E-state index in [9.17, 15) is 14.7 Å². The van der Waals surface area contributed by atoms with Crippen molar-refractivity contribution in [1.82, 2.24) is 20.3 Å². The van der Waals surface area contributed by atoms with E-state index in [0.29, 0.717) is 23.1 Å². The largest absolute Gasteiger partial charge is 0.476 e. The van der Waals surface area contributed by atoms with E-state index in [0.717, 1.165) is 23.0 Å². The van der Waals surface area contributed by atoms with E-state index in [1.165, 1.54) is 0 Å². The lowest BCUT2D eigenvalue weighted by Gasteiger charge is -2.38. The number of alkyl carbamates (subject to hydrolysis) is 1. The van der Waals surface area contributed by atoms with Gasteiger partial charge in [0.25, 0.3) is 0 Å². The Hall–Kier alpha value is -5.62. The molecule has 2 N–H and O–H groups in total. The van der Waals surface area contributed by atoms with E-state index in [1.807, 2.05) is 75.4 Å². The average Bonchev–Trinajstić information content (AvgIpc) is 3.82. The fourth-order valence-electron chi connectivity index (χ4n) is 5.57. The fourth-order valence-corrected chi connectivity index (χ4v) is 7.19. The average molecular weight is 693 g/mol. The van der Waals surface area contributed by atoms with Crippen LogP contribution in [0.15, 0.2) is 111 Å². The lowest BCUT2D eigenvalue weighted by Crippen LogP contribution is -2.41. The van der Waals surface area contributed by atoms with Gasteiger partial charge in [0.2, 0.25) is 11.8 Å². The summed E-state index contributed by atoms with van der Waals surface area (Å²) in [6, 6.07) is 30.5. The molecule has 0 aliphatic heterocycles.